The van der Waals surface area contributed by atoms with E-state index in [4.69, 9.17) is 0 Å². The van der Waals surface area contributed by atoms with Gasteiger partial charge in [-0.1, -0.05) is 66.7 Å². The van der Waals surface area contributed by atoms with E-state index in [-0.39, 0.29) is 11.9 Å². The van der Waals surface area contributed by atoms with Crippen molar-refractivity contribution < 1.29 is 4.79 Å². The zero-order valence-electron chi connectivity index (χ0n) is 17.8. The fourth-order valence-corrected chi connectivity index (χ4v) is 3.91. The Labute approximate surface area is 187 Å². The number of rotatable bonds is 8. The molecule has 5 heteroatoms. The zero-order chi connectivity index (χ0) is 21.8. The maximum absolute atomic E-state index is 12.4. The fraction of sp³-hybridized carbons (Fsp3) is 0.185. The molecule has 1 aliphatic carbocycles. The van der Waals surface area contributed by atoms with Crippen molar-refractivity contribution >= 4 is 11.6 Å². The summed E-state index contributed by atoms with van der Waals surface area (Å²) in [6.45, 7) is 0.996. The van der Waals surface area contributed by atoms with Crippen LogP contribution in [0.5, 0.6) is 0 Å². The first-order valence-electron chi connectivity index (χ1n) is 11.1. The molecule has 1 heterocycles. The summed E-state index contributed by atoms with van der Waals surface area (Å²) in [7, 11) is 0. The number of amides is 1. The van der Waals surface area contributed by atoms with E-state index in [1.807, 2.05) is 24.3 Å². The molecule has 5 nitrogen and oxygen atoms in total. The Morgan fingerprint density at radius 1 is 0.906 bits per heavy atom. The average molecular weight is 423 g/mol. The van der Waals surface area contributed by atoms with Crippen molar-refractivity contribution in [1.29, 1.82) is 0 Å². The van der Waals surface area contributed by atoms with Crippen molar-refractivity contribution in [2.24, 2.45) is 5.92 Å². The minimum absolute atomic E-state index is 0.0597. The first-order chi connectivity index (χ1) is 15.8. The Bertz CT molecular complexity index is 1170. The monoisotopic (exact) mass is 422 g/mol. The number of aromatic nitrogens is 2. The van der Waals surface area contributed by atoms with Crippen molar-refractivity contribution in [1.82, 2.24) is 15.5 Å². The first kappa shape index (κ1) is 20.2. The summed E-state index contributed by atoms with van der Waals surface area (Å²) in [5.41, 5.74) is 5.96. The summed E-state index contributed by atoms with van der Waals surface area (Å²) in [4.78, 5) is 12.4. The number of benzene rings is 3. The van der Waals surface area contributed by atoms with Crippen LogP contribution >= 0.6 is 0 Å². The molecule has 0 aliphatic heterocycles. The highest BCUT2D eigenvalue weighted by Crippen LogP contribution is 2.31. The van der Waals surface area contributed by atoms with Crippen LogP contribution in [0, 0.1) is 5.92 Å². The molecular weight excluding hydrogens is 396 g/mol. The topological polar surface area (TPSA) is 69.8 Å². The van der Waals surface area contributed by atoms with Gasteiger partial charge in [-0.05, 0) is 65.8 Å². The minimum atomic E-state index is -0.200. The molecule has 32 heavy (non-hydrogen) atoms. The van der Waals surface area contributed by atoms with Gasteiger partial charge < -0.3 is 10.6 Å². The number of nitrogens with zero attached hydrogens (tertiary/aromatic N) is 1. The number of hydrogen-bond donors (Lipinski definition) is 3. The van der Waals surface area contributed by atoms with E-state index in [1.165, 1.54) is 29.5 Å². The van der Waals surface area contributed by atoms with E-state index in [2.05, 4.69) is 75.4 Å². The summed E-state index contributed by atoms with van der Waals surface area (Å²) in [5.74, 6) is 0.568. The summed E-state index contributed by atoms with van der Waals surface area (Å²) in [5, 5.41) is 13.3. The van der Waals surface area contributed by atoms with Gasteiger partial charge in [-0.3, -0.25) is 9.89 Å². The molecule has 0 spiro atoms. The molecule has 1 aliphatic rings. The molecule has 1 aromatic heterocycles. The van der Waals surface area contributed by atoms with Crippen molar-refractivity contribution in [3.63, 3.8) is 0 Å². The lowest BCUT2D eigenvalue weighted by molar-refractivity contribution is 0.102. The predicted molar refractivity (Wildman–Crippen MR) is 127 cm³/mol. The van der Waals surface area contributed by atoms with Gasteiger partial charge in [-0.2, -0.15) is 5.10 Å². The maximum Gasteiger partial charge on any atom is 0.273 e. The smallest absolute Gasteiger partial charge is 0.273 e. The van der Waals surface area contributed by atoms with Gasteiger partial charge in [0, 0.05) is 11.9 Å². The molecule has 0 radical (unpaired) electrons. The third-order valence-corrected chi connectivity index (χ3v) is 5.88. The number of anilines is 1. The van der Waals surface area contributed by atoms with E-state index in [9.17, 15) is 4.79 Å². The maximum atomic E-state index is 12.4. The molecule has 0 bridgehead atoms. The van der Waals surface area contributed by atoms with Crippen molar-refractivity contribution in [2.45, 2.75) is 18.9 Å². The fourth-order valence-electron chi connectivity index (χ4n) is 3.91. The van der Waals surface area contributed by atoms with Gasteiger partial charge >= 0.3 is 0 Å². The van der Waals surface area contributed by atoms with E-state index < -0.39 is 0 Å². The van der Waals surface area contributed by atoms with Crippen LogP contribution in [-0.4, -0.2) is 22.6 Å². The van der Waals surface area contributed by atoms with Crippen LogP contribution < -0.4 is 10.6 Å². The number of nitrogens with one attached hydrogen (secondary N) is 3. The summed E-state index contributed by atoms with van der Waals surface area (Å²) >= 11 is 0. The molecule has 3 aromatic carbocycles. The molecule has 1 saturated carbocycles. The third-order valence-electron chi connectivity index (χ3n) is 5.88. The van der Waals surface area contributed by atoms with Gasteiger partial charge in [-0.25, -0.2) is 0 Å². The third kappa shape index (κ3) is 4.79. The predicted octanol–water partition coefficient (Wildman–Crippen LogP) is 5.42. The Balaban J connectivity index is 1.39. The summed E-state index contributed by atoms with van der Waals surface area (Å²) < 4.78 is 0. The van der Waals surface area contributed by atoms with Gasteiger partial charge in [0.15, 0.2) is 0 Å². The minimum Gasteiger partial charge on any atom is -0.321 e. The Kier molecular flexibility index (Phi) is 5.81. The van der Waals surface area contributed by atoms with Gasteiger partial charge in [0.05, 0.1) is 6.04 Å². The largest absolute Gasteiger partial charge is 0.321 e. The quantitative estimate of drug-likeness (QED) is 0.355. The molecule has 3 N–H and O–H groups in total. The molecule has 1 unspecified atom stereocenters. The highest BCUT2D eigenvalue weighted by Gasteiger charge is 2.23. The molecule has 4 aromatic rings. The van der Waals surface area contributed by atoms with Gasteiger partial charge in [0.2, 0.25) is 0 Å². The van der Waals surface area contributed by atoms with E-state index in [1.54, 1.807) is 12.3 Å². The zero-order valence-corrected chi connectivity index (χ0v) is 17.8. The number of aromatic amines is 1. The highest BCUT2D eigenvalue weighted by atomic mass is 16.1. The van der Waals surface area contributed by atoms with Crippen LogP contribution in [0.2, 0.25) is 0 Å². The van der Waals surface area contributed by atoms with Crippen LogP contribution in [0.4, 0.5) is 5.69 Å². The Morgan fingerprint density at radius 2 is 1.69 bits per heavy atom. The van der Waals surface area contributed by atoms with Crippen LogP contribution in [0.3, 0.4) is 0 Å². The lowest BCUT2D eigenvalue weighted by Gasteiger charge is -2.21. The van der Waals surface area contributed by atoms with Crippen LogP contribution in [0.25, 0.3) is 11.1 Å². The molecule has 1 fully saturated rings. The van der Waals surface area contributed by atoms with E-state index in [0.29, 0.717) is 5.69 Å². The second kappa shape index (κ2) is 9.20. The molecule has 1 atom stereocenters. The van der Waals surface area contributed by atoms with Crippen LogP contribution in [0.1, 0.15) is 40.5 Å². The van der Waals surface area contributed by atoms with Gasteiger partial charge in [-0.15, -0.1) is 0 Å². The Morgan fingerprint density at radius 3 is 2.41 bits per heavy atom. The highest BCUT2D eigenvalue weighted by molar-refractivity contribution is 6.02. The second-order valence-corrected chi connectivity index (χ2v) is 8.32. The van der Waals surface area contributed by atoms with Gasteiger partial charge in [0.25, 0.3) is 5.91 Å². The summed E-state index contributed by atoms with van der Waals surface area (Å²) in [6.07, 6.45) is 4.17. The molecule has 0 saturated heterocycles. The number of hydrogen-bond acceptors (Lipinski definition) is 3. The second-order valence-electron chi connectivity index (χ2n) is 8.32. The van der Waals surface area contributed by atoms with Gasteiger partial charge in [0.1, 0.15) is 5.69 Å². The number of carbonyl (C=O) groups is 1. The lowest BCUT2D eigenvalue weighted by Crippen LogP contribution is -2.24. The first-order valence-corrected chi connectivity index (χ1v) is 11.1. The molecule has 5 rings (SSSR count). The molecular formula is C27H26N4O. The molecule has 1 amide bonds. The average Bonchev–Trinajstić information content (AvgIpc) is 3.50. The summed E-state index contributed by atoms with van der Waals surface area (Å²) in [6, 6.07) is 28.9. The van der Waals surface area contributed by atoms with E-state index >= 15 is 0 Å². The number of H-pyrrole nitrogens is 1. The Hall–Kier alpha value is -3.70. The normalized spacial score (nSPS) is 14.1. The van der Waals surface area contributed by atoms with Crippen molar-refractivity contribution in [3.05, 3.63) is 108 Å². The SMILES string of the molecule is O=C(Nc1cccc(C(NCC2CC2)c2ccc(-c3ccccc3)cc2)c1)c1ccn[nH]1. The van der Waals surface area contributed by atoms with Crippen LogP contribution in [0.15, 0.2) is 91.1 Å². The number of carbonyl (C=O) groups excluding carboxylic acids is 1. The standard InChI is InChI=1S/C27H26N4O/c32-27(25-15-16-29-31-25)30-24-8-4-7-23(17-24)26(28-18-19-9-10-19)22-13-11-21(12-14-22)20-5-2-1-3-6-20/h1-8,11-17,19,26,28H,9-10,18H2,(H,29,31)(H,30,32). The van der Waals surface area contributed by atoms with Crippen molar-refractivity contribution in [3.8, 4) is 11.1 Å². The molecule has 160 valence electrons. The van der Waals surface area contributed by atoms with Crippen molar-refractivity contribution in [2.75, 3.05) is 11.9 Å². The van der Waals surface area contributed by atoms with Crippen LogP contribution in [-0.2, 0) is 0 Å². The lowest BCUT2D eigenvalue weighted by atomic mass is 9.95. The van der Waals surface area contributed by atoms with E-state index in [0.717, 1.165) is 23.7 Å².